The molecule has 0 saturated carbocycles. The predicted octanol–water partition coefficient (Wildman–Crippen LogP) is 3.82. The maximum atomic E-state index is 4.35. The molecule has 0 spiro atoms. The highest BCUT2D eigenvalue weighted by molar-refractivity contribution is 9.10. The standard InChI is InChI=1S/C12H13BrN2/c1-2-6-14-12-11-8-10(13)4-3-9(11)5-7-15-12/h3-5,7-8H,2,6H2,1H3,(H,14,15). The fourth-order valence-corrected chi connectivity index (χ4v) is 1.89. The van der Waals surface area contributed by atoms with Crippen LogP contribution in [0, 0.1) is 0 Å². The Morgan fingerprint density at radius 1 is 1.33 bits per heavy atom. The van der Waals surface area contributed by atoms with Crippen molar-refractivity contribution in [3.63, 3.8) is 0 Å². The zero-order valence-electron chi connectivity index (χ0n) is 8.63. The molecule has 0 atom stereocenters. The maximum absolute atomic E-state index is 4.35. The first-order valence-electron chi connectivity index (χ1n) is 5.09. The third-order valence-electron chi connectivity index (χ3n) is 2.27. The number of nitrogens with zero attached hydrogens (tertiary/aromatic N) is 1. The van der Waals surface area contributed by atoms with Crippen LogP contribution in [-0.2, 0) is 0 Å². The Labute approximate surface area is 97.8 Å². The molecule has 1 aromatic heterocycles. The van der Waals surface area contributed by atoms with E-state index < -0.39 is 0 Å². The molecule has 0 bridgehead atoms. The first-order chi connectivity index (χ1) is 7.31. The van der Waals surface area contributed by atoms with Crippen LogP contribution in [0.25, 0.3) is 10.8 Å². The topological polar surface area (TPSA) is 24.9 Å². The molecular weight excluding hydrogens is 252 g/mol. The molecule has 0 saturated heterocycles. The number of anilines is 1. The summed E-state index contributed by atoms with van der Waals surface area (Å²) in [6, 6.07) is 8.27. The van der Waals surface area contributed by atoms with E-state index in [1.54, 1.807) is 0 Å². The van der Waals surface area contributed by atoms with Crippen LogP contribution in [0.3, 0.4) is 0 Å². The van der Waals surface area contributed by atoms with Gasteiger partial charge in [-0.2, -0.15) is 0 Å². The van der Waals surface area contributed by atoms with Crippen molar-refractivity contribution in [2.24, 2.45) is 0 Å². The quantitative estimate of drug-likeness (QED) is 0.912. The van der Waals surface area contributed by atoms with Crippen LogP contribution in [-0.4, -0.2) is 11.5 Å². The molecule has 0 aliphatic rings. The number of hydrogen-bond donors (Lipinski definition) is 1. The van der Waals surface area contributed by atoms with Gasteiger partial charge in [0, 0.05) is 22.6 Å². The summed E-state index contributed by atoms with van der Waals surface area (Å²) in [4.78, 5) is 4.35. The zero-order valence-corrected chi connectivity index (χ0v) is 10.2. The molecule has 0 aliphatic carbocycles. The van der Waals surface area contributed by atoms with Crippen LogP contribution in [0.5, 0.6) is 0 Å². The van der Waals surface area contributed by atoms with Crippen LogP contribution in [0.1, 0.15) is 13.3 Å². The number of benzene rings is 1. The molecule has 78 valence electrons. The number of aromatic nitrogens is 1. The summed E-state index contributed by atoms with van der Waals surface area (Å²) in [5.74, 6) is 0.968. The largest absolute Gasteiger partial charge is 0.370 e. The second kappa shape index (κ2) is 4.62. The maximum Gasteiger partial charge on any atom is 0.133 e. The average molecular weight is 265 g/mol. The Hall–Kier alpha value is -1.09. The van der Waals surface area contributed by atoms with Gasteiger partial charge in [0.15, 0.2) is 0 Å². The molecule has 2 aromatic rings. The van der Waals surface area contributed by atoms with Gasteiger partial charge in [0.25, 0.3) is 0 Å². The molecule has 0 amide bonds. The highest BCUT2D eigenvalue weighted by Crippen LogP contribution is 2.24. The van der Waals surface area contributed by atoms with Crippen molar-refractivity contribution < 1.29 is 0 Å². The summed E-state index contributed by atoms with van der Waals surface area (Å²) in [6.07, 6.45) is 2.94. The first-order valence-corrected chi connectivity index (χ1v) is 5.88. The lowest BCUT2D eigenvalue weighted by molar-refractivity contribution is 0.972. The van der Waals surface area contributed by atoms with Crippen LogP contribution >= 0.6 is 15.9 Å². The molecule has 3 heteroatoms. The van der Waals surface area contributed by atoms with E-state index in [4.69, 9.17) is 0 Å². The number of pyridine rings is 1. The highest BCUT2D eigenvalue weighted by Gasteiger charge is 2.01. The van der Waals surface area contributed by atoms with Crippen molar-refractivity contribution in [1.82, 2.24) is 4.98 Å². The van der Waals surface area contributed by atoms with Gasteiger partial charge in [-0.05, 0) is 30.0 Å². The van der Waals surface area contributed by atoms with E-state index in [1.807, 2.05) is 18.3 Å². The third kappa shape index (κ3) is 2.29. The van der Waals surface area contributed by atoms with Crippen LogP contribution in [0.15, 0.2) is 34.9 Å². The number of hydrogen-bond acceptors (Lipinski definition) is 2. The van der Waals surface area contributed by atoms with Gasteiger partial charge >= 0.3 is 0 Å². The zero-order chi connectivity index (χ0) is 10.7. The van der Waals surface area contributed by atoms with Gasteiger partial charge in [-0.3, -0.25) is 0 Å². The van der Waals surface area contributed by atoms with Crippen molar-refractivity contribution in [1.29, 1.82) is 0 Å². The van der Waals surface area contributed by atoms with Gasteiger partial charge in [-0.25, -0.2) is 4.98 Å². The predicted molar refractivity (Wildman–Crippen MR) is 68.2 cm³/mol. The van der Waals surface area contributed by atoms with Gasteiger partial charge in [0.1, 0.15) is 5.82 Å². The Kier molecular flexibility index (Phi) is 3.21. The summed E-state index contributed by atoms with van der Waals surface area (Å²) in [5, 5.41) is 5.71. The van der Waals surface area contributed by atoms with Gasteiger partial charge in [0.2, 0.25) is 0 Å². The molecule has 2 rings (SSSR count). The molecule has 0 radical (unpaired) electrons. The SMILES string of the molecule is CCCNc1nccc2ccc(Br)cc12. The first kappa shape index (κ1) is 10.4. The van der Waals surface area contributed by atoms with Crippen molar-refractivity contribution in [2.75, 3.05) is 11.9 Å². The lowest BCUT2D eigenvalue weighted by Crippen LogP contribution is -2.02. The minimum absolute atomic E-state index is 0.957. The van der Waals surface area contributed by atoms with Gasteiger partial charge in [-0.15, -0.1) is 0 Å². The molecule has 0 unspecified atom stereocenters. The number of halogens is 1. The lowest BCUT2D eigenvalue weighted by Gasteiger charge is -2.07. The molecule has 0 fully saturated rings. The van der Waals surface area contributed by atoms with Gasteiger partial charge in [-0.1, -0.05) is 28.9 Å². The second-order valence-electron chi connectivity index (χ2n) is 3.45. The molecule has 1 aromatic carbocycles. The van der Waals surface area contributed by atoms with E-state index in [0.29, 0.717) is 0 Å². The summed E-state index contributed by atoms with van der Waals surface area (Å²) in [6.45, 7) is 3.10. The van der Waals surface area contributed by atoms with E-state index >= 15 is 0 Å². The van der Waals surface area contributed by atoms with Crippen molar-refractivity contribution in [2.45, 2.75) is 13.3 Å². The van der Waals surface area contributed by atoms with E-state index in [9.17, 15) is 0 Å². The highest BCUT2D eigenvalue weighted by atomic mass is 79.9. The summed E-state index contributed by atoms with van der Waals surface area (Å²) >= 11 is 3.48. The van der Waals surface area contributed by atoms with Crippen LogP contribution in [0.2, 0.25) is 0 Å². The fourth-order valence-electron chi connectivity index (χ4n) is 1.52. The van der Waals surface area contributed by atoms with Crippen molar-refractivity contribution in [3.05, 3.63) is 34.9 Å². The normalized spacial score (nSPS) is 10.5. The third-order valence-corrected chi connectivity index (χ3v) is 2.76. The van der Waals surface area contributed by atoms with E-state index in [0.717, 1.165) is 23.3 Å². The molecule has 2 nitrogen and oxygen atoms in total. The number of fused-ring (bicyclic) bond motifs is 1. The van der Waals surface area contributed by atoms with Crippen LogP contribution < -0.4 is 5.32 Å². The minimum Gasteiger partial charge on any atom is -0.370 e. The average Bonchev–Trinajstić information content (AvgIpc) is 2.26. The molecule has 15 heavy (non-hydrogen) atoms. The van der Waals surface area contributed by atoms with Crippen LogP contribution in [0.4, 0.5) is 5.82 Å². The molecular formula is C12H13BrN2. The lowest BCUT2D eigenvalue weighted by atomic mass is 10.1. The monoisotopic (exact) mass is 264 g/mol. The molecule has 0 aliphatic heterocycles. The fraction of sp³-hybridized carbons (Fsp3) is 0.250. The number of nitrogens with one attached hydrogen (secondary N) is 1. The Morgan fingerprint density at radius 2 is 2.20 bits per heavy atom. The Morgan fingerprint density at radius 3 is 3.00 bits per heavy atom. The summed E-state index contributed by atoms with van der Waals surface area (Å²) in [7, 11) is 0. The molecule has 1 heterocycles. The van der Waals surface area contributed by atoms with Crippen molar-refractivity contribution >= 4 is 32.5 Å². The van der Waals surface area contributed by atoms with Crippen molar-refractivity contribution in [3.8, 4) is 0 Å². The second-order valence-corrected chi connectivity index (χ2v) is 4.37. The Bertz CT molecular complexity index is 468. The number of rotatable bonds is 3. The van der Waals surface area contributed by atoms with Gasteiger partial charge < -0.3 is 5.32 Å². The molecule has 1 N–H and O–H groups in total. The smallest absolute Gasteiger partial charge is 0.133 e. The Balaban J connectivity index is 2.48. The van der Waals surface area contributed by atoms with E-state index in [2.05, 4.69) is 45.3 Å². The van der Waals surface area contributed by atoms with E-state index in [1.165, 1.54) is 10.8 Å². The van der Waals surface area contributed by atoms with E-state index in [-0.39, 0.29) is 0 Å². The minimum atomic E-state index is 0.957. The summed E-state index contributed by atoms with van der Waals surface area (Å²) in [5.41, 5.74) is 0. The summed E-state index contributed by atoms with van der Waals surface area (Å²) < 4.78 is 1.09. The van der Waals surface area contributed by atoms with Gasteiger partial charge in [0.05, 0.1) is 0 Å².